The predicted molar refractivity (Wildman–Crippen MR) is 144 cm³/mol. The van der Waals surface area contributed by atoms with Gasteiger partial charge in [0.05, 0.1) is 27.9 Å². The quantitative estimate of drug-likeness (QED) is 0.291. The molecular weight excluding hydrogens is 557 g/mol. The van der Waals surface area contributed by atoms with Crippen LogP contribution in [0, 0.1) is 0 Å². The molecule has 38 heavy (non-hydrogen) atoms. The number of halogens is 3. The lowest BCUT2D eigenvalue weighted by Crippen LogP contribution is -2.54. The highest BCUT2D eigenvalue weighted by Gasteiger charge is 2.36. The van der Waals surface area contributed by atoms with Crippen LogP contribution in [0.2, 0.25) is 15.1 Å². The molecule has 12 heteroatoms. The van der Waals surface area contributed by atoms with E-state index in [2.05, 4.69) is 10.6 Å². The molecule has 1 fully saturated rings. The largest absolute Gasteiger partial charge is 0.497 e. The van der Waals surface area contributed by atoms with Crippen LogP contribution in [0.1, 0.15) is 5.56 Å². The molecule has 9 nitrogen and oxygen atoms in total. The Morgan fingerprint density at radius 2 is 1.68 bits per heavy atom. The Hall–Kier alpha value is -4.05. The molecule has 0 atom stereocenters. The molecule has 194 valence electrons. The summed E-state index contributed by atoms with van der Waals surface area (Å²) in [6.07, 6.45) is 1.30. The molecule has 1 heterocycles. The molecule has 0 unspecified atom stereocenters. The van der Waals surface area contributed by atoms with Crippen molar-refractivity contribution < 1.29 is 28.7 Å². The zero-order valence-electron chi connectivity index (χ0n) is 19.6. The van der Waals surface area contributed by atoms with Crippen LogP contribution in [0.4, 0.5) is 16.2 Å². The van der Waals surface area contributed by atoms with Crippen LogP contribution in [-0.2, 0) is 14.4 Å². The predicted octanol–water partition coefficient (Wildman–Crippen LogP) is 5.34. The lowest BCUT2D eigenvalue weighted by atomic mass is 10.1. The summed E-state index contributed by atoms with van der Waals surface area (Å²) in [6.45, 7) is -0.347. The first-order valence-corrected chi connectivity index (χ1v) is 12.0. The molecule has 0 saturated carbocycles. The number of carbonyl (C=O) groups is 4. The minimum absolute atomic E-state index is 0.133. The highest BCUT2D eigenvalue weighted by atomic mass is 35.5. The Kier molecular flexibility index (Phi) is 8.21. The van der Waals surface area contributed by atoms with Gasteiger partial charge in [-0.2, -0.15) is 0 Å². The van der Waals surface area contributed by atoms with E-state index in [-0.39, 0.29) is 28.6 Å². The van der Waals surface area contributed by atoms with E-state index in [1.54, 1.807) is 30.3 Å². The van der Waals surface area contributed by atoms with Gasteiger partial charge in [0.2, 0.25) is 0 Å². The maximum Gasteiger partial charge on any atom is 0.335 e. The zero-order chi connectivity index (χ0) is 27.4. The maximum absolute atomic E-state index is 13.1. The third-order valence-corrected chi connectivity index (χ3v) is 6.30. The van der Waals surface area contributed by atoms with Gasteiger partial charge in [-0.25, -0.2) is 9.69 Å². The number of imide groups is 2. The third kappa shape index (κ3) is 6.08. The van der Waals surface area contributed by atoms with E-state index in [1.807, 2.05) is 0 Å². The Balaban J connectivity index is 1.46. The summed E-state index contributed by atoms with van der Waals surface area (Å²) >= 11 is 18.1. The molecule has 4 rings (SSSR count). The number of nitrogens with one attached hydrogen (secondary N) is 2. The molecule has 0 aliphatic carbocycles. The van der Waals surface area contributed by atoms with Crippen molar-refractivity contribution in [1.82, 2.24) is 5.32 Å². The third-order valence-electron chi connectivity index (χ3n) is 5.26. The summed E-state index contributed by atoms with van der Waals surface area (Å²) < 4.78 is 10.6. The summed E-state index contributed by atoms with van der Waals surface area (Å²) in [7, 11) is 1.49. The average molecular weight is 575 g/mol. The summed E-state index contributed by atoms with van der Waals surface area (Å²) in [6, 6.07) is 14.5. The van der Waals surface area contributed by atoms with Gasteiger partial charge >= 0.3 is 6.03 Å². The number of hydrogen-bond donors (Lipinski definition) is 2. The number of urea groups is 1. The van der Waals surface area contributed by atoms with Crippen LogP contribution in [0.25, 0.3) is 6.08 Å². The van der Waals surface area contributed by atoms with Crippen LogP contribution in [0.15, 0.2) is 66.2 Å². The second-order valence-electron chi connectivity index (χ2n) is 7.81. The van der Waals surface area contributed by atoms with Crippen LogP contribution in [0.3, 0.4) is 0 Å². The van der Waals surface area contributed by atoms with Gasteiger partial charge in [0.15, 0.2) is 6.61 Å². The monoisotopic (exact) mass is 573 g/mol. The topological polar surface area (TPSA) is 114 Å². The van der Waals surface area contributed by atoms with E-state index in [0.29, 0.717) is 27.0 Å². The molecule has 0 aromatic heterocycles. The van der Waals surface area contributed by atoms with Gasteiger partial charge < -0.3 is 14.8 Å². The zero-order valence-corrected chi connectivity index (χ0v) is 21.9. The van der Waals surface area contributed by atoms with Gasteiger partial charge in [-0.3, -0.25) is 19.7 Å². The summed E-state index contributed by atoms with van der Waals surface area (Å²) in [5.41, 5.74) is 0.822. The number of ether oxygens (including phenoxy) is 2. The highest BCUT2D eigenvalue weighted by molar-refractivity contribution is 6.42. The van der Waals surface area contributed by atoms with Crippen molar-refractivity contribution in [3.8, 4) is 11.5 Å². The minimum Gasteiger partial charge on any atom is -0.497 e. The summed E-state index contributed by atoms with van der Waals surface area (Å²) in [4.78, 5) is 50.9. The SMILES string of the molecule is COc1ccc(N2C(=O)NC(=O)/C(=C\c3ccc(OCC(=O)Nc4ccc(Cl)c(Cl)c4)c(Cl)c3)C2=O)cc1. The first kappa shape index (κ1) is 27.0. The maximum atomic E-state index is 13.1. The van der Waals surface area contributed by atoms with Crippen molar-refractivity contribution in [3.63, 3.8) is 0 Å². The summed E-state index contributed by atoms with van der Waals surface area (Å²) in [5, 5.41) is 5.56. The number of barbiturate groups is 1. The van der Waals surface area contributed by atoms with Crippen molar-refractivity contribution in [2.24, 2.45) is 0 Å². The molecule has 0 bridgehead atoms. The number of rotatable bonds is 7. The van der Waals surface area contributed by atoms with E-state index in [9.17, 15) is 19.2 Å². The summed E-state index contributed by atoms with van der Waals surface area (Å²) in [5.74, 6) is -1.38. The van der Waals surface area contributed by atoms with Crippen LogP contribution in [0.5, 0.6) is 11.5 Å². The minimum atomic E-state index is -0.872. The van der Waals surface area contributed by atoms with Crippen molar-refractivity contribution >= 4 is 76.0 Å². The number of anilines is 2. The van der Waals surface area contributed by atoms with Gasteiger partial charge in [0.1, 0.15) is 17.1 Å². The van der Waals surface area contributed by atoms with E-state index >= 15 is 0 Å². The molecule has 2 N–H and O–H groups in total. The average Bonchev–Trinajstić information content (AvgIpc) is 2.88. The fourth-order valence-corrected chi connectivity index (χ4v) is 3.97. The first-order chi connectivity index (χ1) is 18.2. The molecule has 5 amide bonds. The number of carbonyl (C=O) groups excluding carboxylic acids is 4. The number of amides is 5. The molecular formula is C26H18Cl3N3O6. The second kappa shape index (κ2) is 11.6. The van der Waals surface area contributed by atoms with E-state index in [1.165, 1.54) is 43.5 Å². The first-order valence-electron chi connectivity index (χ1n) is 10.9. The lowest BCUT2D eigenvalue weighted by molar-refractivity contribution is -0.122. The van der Waals surface area contributed by atoms with Crippen molar-refractivity contribution in [2.75, 3.05) is 23.9 Å². The molecule has 0 radical (unpaired) electrons. The van der Waals surface area contributed by atoms with Gasteiger partial charge in [-0.15, -0.1) is 0 Å². The van der Waals surface area contributed by atoms with Crippen LogP contribution >= 0.6 is 34.8 Å². The Labute approximate surface area is 231 Å². The Bertz CT molecular complexity index is 1470. The van der Waals surface area contributed by atoms with Gasteiger partial charge in [-0.05, 0) is 66.2 Å². The fourth-order valence-electron chi connectivity index (χ4n) is 3.43. The number of nitrogens with zero attached hydrogens (tertiary/aromatic N) is 1. The van der Waals surface area contributed by atoms with Crippen molar-refractivity contribution in [1.29, 1.82) is 0 Å². The van der Waals surface area contributed by atoms with Crippen molar-refractivity contribution in [2.45, 2.75) is 0 Å². The lowest BCUT2D eigenvalue weighted by Gasteiger charge is -2.26. The normalized spacial score (nSPS) is 14.4. The fraction of sp³-hybridized carbons (Fsp3) is 0.0769. The van der Waals surface area contributed by atoms with Crippen LogP contribution < -0.4 is 25.0 Å². The molecule has 0 spiro atoms. The van der Waals surface area contributed by atoms with Gasteiger partial charge in [-0.1, -0.05) is 40.9 Å². The molecule has 1 aliphatic heterocycles. The Morgan fingerprint density at radius 3 is 2.34 bits per heavy atom. The highest BCUT2D eigenvalue weighted by Crippen LogP contribution is 2.29. The van der Waals surface area contributed by atoms with Crippen LogP contribution in [-0.4, -0.2) is 37.5 Å². The van der Waals surface area contributed by atoms with Gasteiger partial charge in [0, 0.05) is 5.69 Å². The smallest absolute Gasteiger partial charge is 0.335 e. The number of hydrogen-bond acceptors (Lipinski definition) is 6. The number of benzene rings is 3. The number of methoxy groups -OCH3 is 1. The van der Waals surface area contributed by atoms with Gasteiger partial charge in [0.25, 0.3) is 17.7 Å². The van der Waals surface area contributed by atoms with Crippen molar-refractivity contribution in [3.05, 3.63) is 86.9 Å². The molecule has 3 aromatic carbocycles. The molecule has 1 saturated heterocycles. The van der Waals surface area contributed by atoms with E-state index in [0.717, 1.165) is 4.90 Å². The molecule has 1 aliphatic rings. The Morgan fingerprint density at radius 1 is 0.947 bits per heavy atom. The standard InChI is InChI=1S/C26H18Cl3N3O6/c1-37-17-6-4-16(5-7-17)32-25(35)18(24(34)31-26(32)36)10-14-2-9-22(21(29)11-14)38-13-23(33)30-15-3-8-19(27)20(28)12-15/h2-12H,13H2,1H3,(H,30,33)(H,31,34,36)/b18-10+. The molecule has 3 aromatic rings. The van der Waals surface area contributed by atoms with E-state index in [4.69, 9.17) is 44.3 Å². The second-order valence-corrected chi connectivity index (χ2v) is 9.03. The van der Waals surface area contributed by atoms with E-state index < -0.39 is 23.8 Å².